The first-order valence-electron chi connectivity index (χ1n) is 6.33. The minimum Gasteiger partial charge on any atom is -0.254 e. The van der Waals surface area contributed by atoms with Gasteiger partial charge in [0.1, 0.15) is 13.8 Å². The number of benzene rings is 1. The van der Waals surface area contributed by atoms with Gasteiger partial charge in [0, 0.05) is 11.6 Å². The van der Waals surface area contributed by atoms with Crippen molar-refractivity contribution in [2.24, 2.45) is 0 Å². The molecule has 2 heterocycles. The zero-order valence-electron chi connectivity index (χ0n) is 11.3. The maximum Gasteiger partial charge on any atom is 0.130 e. The van der Waals surface area contributed by atoms with Gasteiger partial charge in [0.2, 0.25) is 0 Å². The Morgan fingerprint density at radius 1 is 0.947 bits per heavy atom. The van der Waals surface area contributed by atoms with Gasteiger partial charge in [0.05, 0.1) is 11.0 Å². The number of pyridine rings is 1. The number of aromatic amines is 1. The van der Waals surface area contributed by atoms with Crippen LogP contribution in [-0.2, 0) is 0 Å². The number of hydrogen-bond acceptors (Lipinski definition) is 3. The van der Waals surface area contributed by atoms with Crippen molar-refractivity contribution in [3.63, 3.8) is 0 Å². The Morgan fingerprint density at radius 2 is 1.74 bits per heavy atom. The predicted molar refractivity (Wildman–Crippen MR) is 80.1 cm³/mol. The SMILES string of the molecule is C[Si](C)(C)c1n[nH]nc1-c1nccc2ccccc12. The maximum absolute atomic E-state index is 4.52. The minimum atomic E-state index is -1.54. The number of hydrogen-bond donors (Lipinski definition) is 1. The van der Waals surface area contributed by atoms with Crippen molar-refractivity contribution in [3.05, 3.63) is 36.5 Å². The average Bonchev–Trinajstić information content (AvgIpc) is 2.87. The lowest BCUT2D eigenvalue weighted by molar-refractivity contribution is 0.946. The Bertz CT molecular complexity index is 722. The van der Waals surface area contributed by atoms with E-state index in [1.807, 2.05) is 24.4 Å². The minimum absolute atomic E-state index is 0.899. The fourth-order valence-electron chi connectivity index (χ4n) is 2.23. The molecule has 1 aromatic carbocycles. The molecule has 4 nitrogen and oxygen atoms in total. The molecule has 0 radical (unpaired) electrons. The quantitative estimate of drug-likeness (QED) is 0.727. The number of nitrogens with one attached hydrogen (secondary N) is 1. The van der Waals surface area contributed by atoms with Crippen LogP contribution in [0.25, 0.3) is 22.2 Å². The number of H-pyrrole nitrogens is 1. The topological polar surface area (TPSA) is 54.5 Å². The van der Waals surface area contributed by atoms with E-state index in [1.165, 1.54) is 5.39 Å². The van der Waals surface area contributed by atoms with Gasteiger partial charge in [-0.15, -0.1) is 0 Å². The van der Waals surface area contributed by atoms with Crippen LogP contribution >= 0.6 is 0 Å². The summed E-state index contributed by atoms with van der Waals surface area (Å²) in [7, 11) is -1.54. The van der Waals surface area contributed by atoms with Gasteiger partial charge < -0.3 is 0 Å². The second kappa shape index (κ2) is 4.27. The molecular weight excluding hydrogens is 252 g/mol. The molecule has 0 saturated carbocycles. The molecule has 1 N–H and O–H groups in total. The summed E-state index contributed by atoms with van der Waals surface area (Å²) in [5, 5.41) is 14.8. The molecule has 5 heteroatoms. The van der Waals surface area contributed by atoms with Gasteiger partial charge in [0.15, 0.2) is 0 Å². The fraction of sp³-hybridized carbons (Fsp3) is 0.214. The monoisotopic (exact) mass is 268 g/mol. The van der Waals surface area contributed by atoms with Gasteiger partial charge in [-0.25, -0.2) is 0 Å². The highest BCUT2D eigenvalue weighted by atomic mass is 28.3. The molecular formula is C14H16N4Si. The van der Waals surface area contributed by atoms with E-state index in [-0.39, 0.29) is 0 Å². The highest BCUT2D eigenvalue weighted by Crippen LogP contribution is 2.24. The lowest BCUT2D eigenvalue weighted by Gasteiger charge is -2.14. The van der Waals surface area contributed by atoms with Crippen LogP contribution in [0.4, 0.5) is 0 Å². The molecule has 0 aliphatic heterocycles. The van der Waals surface area contributed by atoms with Crippen LogP contribution in [-0.4, -0.2) is 28.5 Å². The summed E-state index contributed by atoms with van der Waals surface area (Å²) in [6.45, 7) is 6.79. The Balaban J connectivity index is 2.29. The fourth-order valence-corrected chi connectivity index (χ4v) is 3.50. The molecule has 0 atom stereocenters. The molecule has 3 rings (SSSR count). The van der Waals surface area contributed by atoms with Crippen molar-refractivity contribution < 1.29 is 0 Å². The normalized spacial score (nSPS) is 11.9. The van der Waals surface area contributed by atoms with Crippen LogP contribution < -0.4 is 5.32 Å². The molecule has 0 spiro atoms. The van der Waals surface area contributed by atoms with Gasteiger partial charge in [-0.3, -0.25) is 4.98 Å². The third-order valence-corrected chi connectivity index (χ3v) is 4.93. The predicted octanol–water partition coefficient (Wildman–Crippen LogP) is 2.57. The Labute approximate surface area is 112 Å². The van der Waals surface area contributed by atoms with E-state index < -0.39 is 8.07 Å². The summed E-state index contributed by atoms with van der Waals surface area (Å²) >= 11 is 0. The summed E-state index contributed by atoms with van der Waals surface area (Å²) < 4.78 is 0. The van der Waals surface area contributed by atoms with Gasteiger partial charge >= 0.3 is 0 Å². The summed E-state index contributed by atoms with van der Waals surface area (Å²) in [4.78, 5) is 4.52. The van der Waals surface area contributed by atoms with Crippen LogP contribution in [0.1, 0.15) is 0 Å². The highest BCUT2D eigenvalue weighted by Gasteiger charge is 2.26. The van der Waals surface area contributed by atoms with Crippen LogP contribution in [0.15, 0.2) is 36.5 Å². The summed E-state index contributed by atoms with van der Waals surface area (Å²) in [5.74, 6) is 0. The molecule has 19 heavy (non-hydrogen) atoms. The second-order valence-electron chi connectivity index (χ2n) is 5.65. The Hall–Kier alpha value is -2.01. The van der Waals surface area contributed by atoms with Crippen molar-refractivity contribution in [1.29, 1.82) is 0 Å². The number of rotatable bonds is 2. The molecule has 0 saturated heterocycles. The van der Waals surface area contributed by atoms with E-state index in [1.54, 1.807) is 0 Å². The van der Waals surface area contributed by atoms with E-state index in [4.69, 9.17) is 0 Å². The number of nitrogens with zero attached hydrogens (tertiary/aromatic N) is 3. The third kappa shape index (κ3) is 2.06. The molecule has 0 unspecified atom stereocenters. The van der Waals surface area contributed by atoms with E-state index in [0.29, 0.717) is 0 Å². The molecule has 0 fully saturated rings. The molecule has 96 valence electrons. The smallest absolute Gasteiger partial charge is 0.130 e. The average molecular weight is 268 g/mol. The molecule has 3 aromatic rings. The van der Waals surface area contributed by atoms with Crippen LogP contribution in [0, 0.1) is 0 Å². The van der Waals surface area contributed by atoms with Gasteiger partial charge in [-0.1, -0.05) is 43.9 Å². The van der Waals surface area contributed by atoms with Crippen LogP contribution in [0.2, 0.25) is 19.6 Å². The summed E-state index contributed by atoms with van der Waals surface area (Å²) in [6, 6.07) is 10.3. The first kappa shape index (κ1) is 12.0. The van der Waals surface area contributed by atoms with Crippen molar-refractivity contribution in [2.45, 2.75) is 19.6 Å². The number of aromatic nitrogens is 4. The van der Waals surface area contributed by atoms with Gasteiger partial charge in [0.25, 0.3) is 0 Å². The molecule has 0 bridgehead atoms. The molecule has 0 amide bonds. The summed E-state index contributed by atoms with van der Waals surface area (Å²) in [6.07, 6.45) is 1.83. The first-order chi connectivity index (χ1) is 9.07. The third-order valence-electron chi connectivity index (χ3n) is 3.16. The van der Waals surface area contributed by atoms with Crippen molar-refractivity contribution >= 4 is 24.2 Å². The Kier molecular flexibility index (Phi) is 2.71. The number of fused-ring (bicyclic) bond motifs is 1. The van der Waals surface area contributed by atoms with Crippen molar-refractivity contribution in [3.8, 4) is 11.4 Å². The zero-order chi connectivity index (χ0) is 13.5. The first-order valence-corrected chi connectivity index (χ1v) is 9.83. The molecule has 0 aliphatic rings. The van der Waals surface area contributed by atoms with E-state index in [2.05, 4.69) is 52.2 Å². The van der Waals surface area contributed by atoms with E-state index >= 15 is 0 Å². The van der Waals surface area contributed by atoms with Crippen molar-refractivity contribution in [2.75, 3.05) is 0 Å². The zero-order valence-corrected chi connectivity index (χ0v) is 12.3. The standard InChI is InChI=1S/C14H16N4Si/c1-19(2,3)14-13(16-18-17-14)12-11-7-5-4-6-10(11)8-9-15-12/h4-9H,1-3H3,(H,16,17,18). The lowest BCUT2D eigenvalue weighted by atomic mass is 10.1. The van der Waals surface area contributed by atoms with Gasteiger partial charge in [-0.2, -0.15) is 15.4 Å². The second-order valence-corrected chi connectivity index (χ2v) is 10.6. The lowest BCUT2D eigenvalue weighted by Crippen LogP contribution is -2.40. The summed E-state index contributed by atoms with van der Waals surface area (Å²) in [5.41, 5.74) is 1.82. The van der Waals surface area contributed by atoms with Crippen molar-refractivity contribution in [1.82, 2.24) is 20.4 Å². The van der Waals surface area contributed by atoms with Gasteiger partial charge in [-0.05, 0) is 11.5 Å². The molecule has 0 aliphatic carbocycles. The molecule has 2 aromatic heterocycles. The van der Waals surface area contributed by atoms with E-state index in [9.17, 15) is 0 Å². The van der Waals surface area contributed by atoms with E-state index in [0.717, 1.165) is 22.1 Å². The largest absolute Gasteiger partial charge is 0.254 e. The Morgan fingerprint density at radius 3 is 2.53 bits per heavy atom. The van der Waals surface area contributed by atoms with Crippen LogP contribution in [0.5, 0.6) is 0 Å². The maximum atomic E-state index is 4.52. The highest BCUT2D eigenvalue weighted by molar-refractivity contribution is 6.89. The van der Waals surface area contributed by atoms with Crippen LogP contribution in [0.3, 0.4) is 0 Å².